The van der Waals surface area contributed by atoms with E-state index in [4.69, 9.17) is 5.11 Å². The summed E-state index contributed by atoms with van der Waals surface area (Å²) in [6.45, 7) is 4.04. The van der Waals surface area contributed by atoms with Crippen molar-refractivity contribution in [3.8, 4) is 0 Å². The Morgan fingerprint density at radius 2 is 2.06 bits per heavy atom. The molecule has 1 rings (SSSR count). The van der Waals surface area contributed by atoms with Crippen LogP contribution in [0.4, 0.5) is 4.79 Å². The third-order valence-corrected chi connectivity index (χ3v) is 2.94. The molecule has 0 bridgehead atoms. The Labute approximate surface area is 94.2 Å². The molecule has 1 aliphatic rings. The van der Waals surface area contributed by atoms with E-state index < -0.39 is 24.0 Å². The van der Waals surface area contributed by atoms with Crippen LogP contribution in [-0.2, 0) is 4.79 Å². The predicted molar refractivity (Wildman–Crippen MR) is 57.0 cm³/mol. The van der Waals surface area contributed by atoms with Gasteiger partial charge in [-0.05, 0) is 20.3 Å². The van der Waals surface area contributed by atoms with Crippen LogP contribution >= 0.6 is 0 Å². The van der Waals surface area contributed by atoms with Crippen molar-refractivity contribution >= 4 is 12.0 Å². The Bertz CT molecular complexity index is 282. The highest BCUT2D eigenvalue weighted by Crippen LogP contribution is 2.10. The van der Waals surface area contributed by atoms with Crippen LogP contribution in [0.15, 0.2) is 0 Å². The van der Waals surface area contributed by atoms with E-state index in [9.17, 15) is 14.7 Å². The highest BCUT2D eigenvalue weighted by Gasteiger charge is 2.27. The number of nitrogens with zero attached hydrogens (tertiary/aromatic N) is 1. The Balaban J connectivity index is 2.42. The van der Waals surface area contributed by atoms with E-state index in [-0.39, 0.29) is 6.03 Å². The van der Waals surface area contributed by atoms with Crippen LogP contribution in [-0.4, -0.2) is 52.3 Å². The van der Waals surface area contributed by atoms with Crippen molar-refractivity contribution in [2.24, 2.45) is 5.92 Å². The number of hydrogen-bond donors (Lipinski definition) is 3. The molecule has 6 nitrogen and oxygen atoms in total. The molecule has 2 amide bonds. The summed E-state index contributed by atoms with van der Waals surface area (Å²) >= 11 is 0. The van der Waals surface area contributed by atoms with E-state index in [0.29, 0.717) is 19.5 Å². The molecular formula is C10H18N2O4. The van der Waals surface area contributed by atoms with Crippen molar-refractivity contribution < 1.29 is 19.8 Å². The molecule has 1 heterocycles. The number of aliphatic hydroxyl groups is 1. The second kappa shape index (κ2) is 5.16. The number of urea groups is 1. The van der Waals surface area contributed by atoms with Gasteiger partial charge >= 0.3 is 12.0 Å². The van der Waals surface area contributed by atoms with E-state index >= 15 is 0 Å². The second-order valence-electron chi connectivity index (χ2n) is 4.25. The van der Waals surface area contributed by atoms with Crippen LogP contribution < -0.4 is 5.32 Å². The van der Waals surface area contributed by atoms with Crippen molar-refractivity contribution in [2.45, 2.75) is 32.4 Å². The third-order valence-electron chi connectivity index (χ3n) is 2.94. The van der Waals surface area contributed by atoms with Gasteiger partial charge in [-0.1, -0.05) is 0 Å². The number of aliphatic carboxylic acids is 1. The maximum Gasteiger partial charge on any atom is 0.317 e. The maximum atomic E-state index is 11.6. The van der Waals surface area contributed by atoms with E-state index in [1.54, 1.807) is 13.8 Å². The summed E-state index contributed by atoms with van der Waals surface area (Å²) in [5.41, 5.74) is 0. The minimum absolute atomic E-state index is 0.308. The van der Waals surface area contributed by atoms with E-state index in [1.807, 2.05) is 0 Å². The van der Waals surface area contributed by atoms with Gasteiger partial charge in [0.05, 0.1) is 12.0 Å². The zero-order valence-corrected chi connectivity index (χ0v) is 9.51. The fourth-order valence-electron chi connectivity index (χ4n) is 1.55. The summed E-state index contributed by atoms with van der Waals surface area (Å²) in [6, 6.07) is -0.736. The topological polar surface area (TPSA) is 89.9 Å². The zero-order chi connectivity index (χ0) is 12.3. The molecule has 3 atom stereocenters. The number of nitrogens with one attached hydrogen (secondary N) is 1. The van der Waals surface area contributed by atoms with Crippen LogP contribution in [0.5, 0.6) is 0 Å². The minimum atomic E-state index is -0.936. The fourth-order valence-corrected chi connectivity index (χ4v) is 1.55. The predicted octanol–water partition coefficient (Wildman–Crippen LogP) is -0.128. The highest BCUT2D eigenvalue weighted by molar-refractivity contribution is 5.76. The number of rotatable bonds is 3. The van der Waals surface area contributed by atoms with Crippen molar-refractivity contribution in [2.75, 3.05) is 13.1 Å². The lowest BCUT2D eigenvalue weighted by Crippen LogP contribution is -2.46. The lowest BCUT2D eigenvalue weighted by atomic mass is 10.0. The first kappa shape index (κ1) is 12.8. The summed E-state index contributed by atoms with van der Waals surface area (Å²) in [7, 11) is 0. The van der Waals surface area contributed by atoms with Crippen molar-refractivity contribution in [1.82, 2.24) is 10.2 Å². The zero-order valence-electron chi connectivity index (χ0n) is 9.51. The van der Waals surface area contributed by atoms with Crippen molar-refractivity contribution in [3.05, 3.63) is 0 Å². The van der Waals surface area contributed by atoms with Gasteiger partial charge in [-0.3, -0.25) is 4.79 Å². The Morgan fingerprint density at radius 3 is 2.50 bits per heavy atom. The first-order valence-corrected chi connectivity index (χ1v) is 5.38. The highest BCUT2D eigenvalue weighted by atomic mass is 16.4. The number of carboxylic acid groups (broad SMARTS) is 1. The summed E-state index contributed by atoms with van der Waals surface area (Å²) in [4.78, 5) is 23.8. The molecule has 16 heavy (non-hydrogen) atoms. The molecule has 0 aromatic rings. The van der Waals surface area contributed by atoms with Gasteiger partial charge in [0.2, 0.25) is 0 Å². The van der Waals surface area contributed by atoms with Crippen LogP contribution in [0.1, 0.15) is 20.3 Å². The molecule has 0 aromatic heterocycles. The Morgan fingerprint density at radius 1 is 1.44 bits per heavy atom. The van der Waals surface area contributed by atoms with Crippen LogP contribution in [0.3, 0.4) is 0 Å². The molecule has 1 aliphatic heterocycles. The molecule has 1 fully saturated rings. The standard InChI is InChI=1S/C10H18N2O4/c1-6(9(14)15)7(2)11-10(16)12-4-3-8(13)5-12/h6-8,13H,3-5H2,1-2H3,(H,11,16)(H,14,15). The maximum absolute atomic E-state index is 11.6. The molecule has 1 saturated heterocycles. The van der Waals surface area contributed by atoms with Crippen LogP contribution in [0, 0.1) is 5.92 Å². The average Bonchev–Trinajstić information content (AvgIpc) is 2.63. The number of carbonyl (C=O) groups is 2. The number of hydrogen-bond acceptors (Lipinski definition) is 3. The number of carboxylic acids is 1. The number of carbonyl (C=O) groups excluding carboxylic acids is 1. The van der Waals surface area contributed by atoms with E-state index in [1.165, 1.54) is 4.90 Å². The molecule has 3 unspecified atom stereocenters. The number of amides is 2. The Hall–Kier alpha value is -1.30. The van der Waals surface area contributed by atoms with Gasteiger partial charge in [0.1, 0.15) is 0 Å². The van der Waals surface area contributed by atoms with Crippen LogP contribution in [0.2, 0.25) is 0 Å². The summed E-state index contributed by atoms with van der Waals surface area (Å²) in [5, 5.41) is 20.7. The Kier molecular flexibility index (Phi) is 4.12. The number of likely N-dealkylation sites (tertiary alicyclic amines) is 1. The van der Waals surface area contributed by atoms with Crippen molar-refractivity contribution in [3.63, 3.8) is 0 Å². The number of aliphatic hydroxyl groups excluding tert-OH is 1. The van der Waals surface area contributed by atoms with Crippen LogP contribution in [0.25, 0.3) is 0 Å². The molecule has 0 spiro atoms. The normalized spacial score (nSPS) is 23.9. The fraction of sp³-hybridized carbons (Fsp3) is 0.800. The van der Waals surface area contributed by atoms with Gasteiger partial charge in [-0.2, -0.15) is 0 Å². The van der Waals surface area contributed by atoms with Gasteiger partial charge in [0.25, 0.3) is 0 Å². The van der Waals surface area contributed by atoms with Crippen molar-refractivity contribution in [1.29, 1.82) is 0 Å². The molecular weight excluding hydrogens is 212 g/mol. The van der Waals surface area contributed by atoms with Gasteiger partial charge < -0.3 is 20.4 Å². The largest absolute Gasteiger partial charge is 0.481 e. The molecule has 92 valence electrons. The molecule has 0 radical (unpaired) electrons. The van der Waals surface area contributed by atoms with E-state index in [2.05, 4.69) is 5.32 Å². The minimum Gasteiger partial charge on any atom is -0.481 e. The van der Waals surface area contributed by atoms with E-state index in [0.717, 1.165) is 0 Å². The molecule has 6 heteroatoms. The van der Waals surface area contributed by atoms with Gasteiger partial charge in [0, 0.05) is 19.1 Å². The third kappa shape index (κ3) is 3.10. The first-order chi connectivity index (χ1) is 7.41. The average molecular weight is 230 g/mol. The second-order valence-corrected chi connectivity index (χ2v) is 4.25. The SMILES string of the molecule is CC(NC(=O)N1CCC(O)C1)C(C)C(=O)O. The lowest BCUT2D eigenvalue weighted by Gasteiger charge is -2.22. The monoisotopic (exact) mass is 230 g/mol. The first-order valence-electron chi connectivity index (χ1n) is 5.38. The number of β-amino-alcohol motifs (C(OH)–C–C–N with tert-alkyl or cyclic N) is 1. The molecule has 0 saturated carbocycles. The molecule has 0 aliphatic carbocycles. The summed E-state index contributed by atoms with van der Waals surface area (Å²) in [6.07, 6.45) is 0.119. The lowest BCUT2D eigenvalue weighted by molar-refractivity contribution is -0.141. The molecule has 3 N–H and O–H groups in total. The molecule has 0 aromatic carbocycles. The summed E-state index contributed by atoms with van der Waals surface area (Å²) in [5.74, 6) is -1.56. The van der Waals surface area contributed by atoms with Gasteiger partial charge in [-0.15, -0.1) is 0 Å². The smallest absolute Gasteiger partial charge is 0.317 e. The van der Waals surface area contributed by atoms with Gasteiger partial charge in [-0.25, -0.2) is 4.79 Å². The van der Waals surface area contributed by atoms with Gasteiger partial charge in [0.15, 0.2) is 0 Å². The quantitative estimate of drug-likeness (QED) is 0.630. The summed E-state index contributed by atoms with van der Waals surface area (Å²) < 4.78 is 0.